The number of carboxylic acids is 1. The average molecular weight is 227 g/mol. The van der Waals surface area contributed by atoms with Crippen molar-refractivity contribution in [1.29, 1.82) is 0 Å². The maximum atomic E-state index is 10.8. The number of nitrogens with zero attached hydrogens (tertiary/aromatic N) is 1. The standard InChI is InChI=1S/C11H17NO4/c1-4-15-11-9(10(13)14)12-8(16-11)6-5-7(2)3/h7H,4-6H2,1-3H3,(H,13,14). The fourth-order valence-corrected chi connectivity index (χ4v) is 1.23. The number of hydrogen-bond donors (Lipinski definition) is 1. The molecule has 0 aromatic carbocycles. The van der Waals surface area contributed by atoms with E-state index in [0.717, 1.165) is 6.42 Å². The van der Waals surface area contributed by atoms with E-state index in [-0.39, 0.29) is 11.6 Å². The van der Waals surface area contributed by atoms with Gasteiger partial charge in [0.2, 0.25) is 5.69 Å². The maximum Gasteiger partial charge on any atom is 0.362 e. The molecule has 0 amide bonds. The van der Waals surface area contributed by atoms with Crippen LogP contribution in [0.4, 0.5) is 0 Å². The second-order valence-corrected chi connectivity index (χ2v) is 3.91. The zero-order valence-electron chi connectivity index (χ0n) is 9.82. The minimum Gasteiger partial charge on any atom is -0.476 e. The number of ether oxygens (including phenoxy) is 1. The minimum atomic E-state index is -1.12. The van der Waals surface area contributed by atoms with Crippen LogP contribution in [0.1, 0.15) is 43.6 Å². The number of carboxylic acid groups (broad SMARTS) is 1. The van der Waals surface area contributed by atoms with Gasteiger partial charge in [0.1, 0.15) is 0 Å². The van der Waals surface area contributed by atoms with Gasteiger partial charge in [-0.2, -0.15) is 0 Å². The van der Waals surface area contributed by atoms with E-state index in [9.17, 15) is 4.79 Å². The second kappa shape index (κ2) is 5.53. The van der Waals surface area contributed by atoms with Gasteiger partial charge in [-0.05, 0) is 19.3 Å². The van der Waals surface area contributed by atoms with E-state index in [1.165, 1.54) is 0 Å². The van der Waals surface area contributed by atoms with Crippen LogP contribution in [0.2, 0.25) is 0 Å². The minimum absolute atomic E-state index is 0.00811. The molecule has 0 aliphatic heterocycles. The summed E-state index contributed by atoms with van der Waals surface area (Å²) in [5, 5.41) is 8.88. The molecule has 0 aliphatic rings. The van der Waals surface area contributed by atoms with Crippen LogP contribution in [0, 0.1) is 5.92 Å². The van der Waals surface area contributed by atoms with Crippen LogP contribution in [-0.2, 0) is 6.42 Å². The van der Waals surface area contributed by atoms with Crippen molar-refractivity contribution >= 4 is 5.97 Å². The van der Waals surface area contributed by atoms with E-state index in [1.807, 2.05) is 0 Å². The van der Waals surface area contributed by atoms with E-state index in [2.05, 4.69) is 18.8 Å². The third-order valence-electron chi connectivity index (χ3n) is 2.05. The van der Waals surface area contributed by atoms with E-state index in [0.29, 0.717) is 24.8 Å². The zero-order chi connectivity index (χ0) is 12.1. The Morgan fingerprint density at radius 1 is 1.56 bits per heavy atom. The summed E-state index contributed by atoms with van der Waals surface area (Å²) in [6.45, 7) is 6.30. The van der Waals surface area contributed by atoms with Crippen molar-refractivity contribution < 1.29 is 19.1 Å². The molecule has 0 saturated heterocycles. The molecule has 0 bridgehead atoms. The van der Waals surface area contributed by atoms with Crippen LogP contribution in [-0.4, -0.2) is 22.7 Å². The van der Waals surface area contributed by atoms with Crippen molar-refractivity contribution in [2.24, 2.45) is 5.92 Å². The molecule has 0 spiro atoms. The number of carbonyl (C=O) groups is 1. The van der Waals surface area contributed by atoms with Gasteiger partial charge in [-0.3, -0.25) is 0 Å². The van der Waals surface area contributed by atoms with Gasteiger partial charge < -0.3 is 14.3 Å². The summed E-state index contributed by atoms with van der Waals surface area (Å²) < 4.78 is 10.3. The summed E-state index contributed by atoms with van der Waals surface area (Å²) in [6, 6.07) is 0. The molecular formula is C11H17NO4. The first kappa shape index (κ1) is 12.5. The van der Waals surface area contributed by atoms with Gasteiger partial charge in [0, 0.05) is 6.42 Å². The van der Waals surface area contributed by atoms with Crippen molar-refractivity contribution in [2.45, 2.75) is 33.6 Å². The Hall–Kier alpha value is -1.52. The molecule has 16 heavy (non-hydrogen) atoms. The van der Waals surface area contributed by atoms with Crippen LogP contribution < -0.4 is 4.74 Å². The molecule has 0 atom stereocenters. The van der Waals surface area contributed by atoms with Gasteiger partial charge in [0.05, 0.1) is 6.61 Å². The van der Waals surface area contributed by atoms with Gasteiger partial charge in [-0.15, -0.1) is 0 Å². The summed E-state index contributed by atoms with van der Waals surface area (Å²) in [4.78, 5) is 14.8. The van der Waals surface area contributed by atoms with Crippen molar-refractivity contribution in [3.05, 3.63) is 11.6 Å². The molecule has 0 saturated carbocycles. The van der Waals surface area contributed by atoms with Crippen molar-refractivity contribution in [3.63, 3.8) is 0 Å². The summed E-state index contributed by atoms with van der Waals surface area (Å²) in [5.74, 6) is -0.165. The SMILES string of the molecule is CCOc1oc(CCC(C)C)nc1C(=O)O. The molecule has 90 valence electrons. The molecule has 1 aromatic rings. The highest BCUT2D eigenvalue weighted by Crippen LogP contribution is 2.21. The molecule has 1 aromatic heterocycles. The Labute approximate surface area is 94.4 Å². The Bertz CT molecular complexity index is 357. The molecule has 0 fully saturated rings. The summed E-state index contributed by atoms with van der Waals surface area (Å²) in [5.41, 5.74) is -0.138. The van der Waals surface area contributed by atoms with Gasteiger partial charge in [-0.25, -0.2) is 9.78 Å². The fraction of sp³-hybridized carbons (Fsp3) is 0.636. The second-order valence-electron chi connectivity index (χ2n) is 3.91. The number of rotatable bonds is 6. The predicted molar refractivity (Wildman–Crippen MR) is 57.8 cm³/mol. The van der Waals surface area contributed by atoms with Gasteiger partial charge in [0.25, 0.3) is 0 Å². The Kier molecular flexibility index (Phi) is 4.34. The van der Waals surface area contributed by atoms with Crippen LogP contribution in [0.15, 0.2) is 4.42 Å². The molecule has 0 aliphatic carbocycles. The van der Waals surface area contributed by atoms with E-state index < -0.39 is 5.97 Å². The van der Waals surface area contributed by atoms with Gasteiger partial charge >= 0.3 is 11.9 Å². The lowest BCUT2D eigenvalue weighted by atomic mass is 10.1. The Morgan fingerprint density at radius 2 is 2.25 bits per heavy atom. The number of aromatic carboxylic acids is 1. The average Bonchev–Trinajstić information content (AvgIpc) is 2.59. The first-order chi connectivity index (χ1) is 7.54. The Morgan fingerprint density at radius 3 is 2.75 bits per heavy atom. The Balaban J connectivity index is 2.79. The van der Waals surface area contributed by atoms with Crippen LogP contribution >= 0.6 is 0 Å². The monoisotopic (exact) mass is 227 g/mol. The normalized spacial score (nSPS) is 10.8. The first-order valence-corrected chi connectivity index (χ1v) is 5.40. The van der Waals surface area contributed by atoms with E-state index >= 15 is 0 Å². The lowest BCUT2D eigenvalue weighted by molar-refractivity contribution is 0.0683. The van der Waals surface area contributed by atoms with E-state index in [4.69, 9.17) is 14.3 Å². The largest absolute Gasteiger partial charge is 0.476 e. The number of oxazole rings is 1. The van der Waals surface area contributed by atoms with Crippen molar-refractivity contribution in [3.8, 4) is 5.95 Å². The third-order valence-corrected chi connectivity index (χ3v) is 2.05. The van der Waals surface area contributed by atoms with Crippen molar-refractivity contribution in [1.82, 2.24) is 4.98 Å². The molecule has 0 unspecified atom stereocenters. The molecule has 5 heteroatoms. The highest BCUT2D eigenvalue weighted by Gasteiger charge is 2.20. The molecular weight excluding hydrogens is 210 g/mol. The summed E-state index contributed by atoms with van der Waals surface area (Å²) in [6.07, 6.45) is 1.54. The number of aryl methyl sites for hydroxylation is 1. The van der Waals surface area contributed by atoms with Gasteiger partial charge in [0.15, 0.2) is 5.89 Å². The van der Waals surface area contributed by atoms with Crippen molar-refractivity contribution in [2.75, 3.05) is 6.61 Å². The molecule has 1 N–H and O–H groups in total. The highest BCUT2D eigenvalue weighted by atomic mass is 16.6. The molecule has 1 rings (SSSR count). The summed E-state index contributed by atoms with van der Waals surface area (Å²) in [7, 11) is 0. The number of hydrogen-bond acceptors (Lipinski definition) is 4. The van der Waals surface area contributed by atoms with Crippen LogP contribution in [0.5, 0.6) is 5.95 Å². The zero-order valence-corrected chi connectivity index (χ0v) is 9.82. The van der Waals surface area contributed by atoms with Gasteiger partial charge in [-0.1, -0.05) is 13.8 Å². The predicted octanol–water partition coefficient (Wildman–Crippen LogP) is 2.36. The quantitative estimate of drug-likeness (QED) is 0.807. The topological polar surface area (TPSA) is 72.6 Å². The molecule has 1 heterocycles. The lowest BCUT2D eigenvalue weighted by Crippen LogP contribution is -2.01. The lowest BCUT2D eigenvalue weighted by Gasteiger charge is -2.00. The highest BCUT2D eigenvalue weighted by molar-refractivity contribution is 5.87. The smallest absolute Gasteiger partial charge is 0.362 e. The third kappa shape index (κ3) is 3.25. The van der Waals surface area contributed by atoms with E-state index in [1.54, 1.807) is 6.92 Å². The van der Waals surface area contributed by atoms with Crippen LogP contribution in [0.3, 0.4) is 0 Å². The summed E-state index contributed by atoms with van der Waals surface area (Å²) >= 11 is 0. The maximum absolute atomic E-state index is 10.8. The molecule has 5 nitrogen and oxygen atoms in total. The first-order valence-electron chi connectivity index (χ1n) is 5.40. The number of aromatic nitrogens is 1. The molecule has 0 radical (unpaired) electrons. The van der Waals surface area contributed by atoms with Crippen LogP contribution in [0.25, 0.3) is 0 Å². The fourth-order valence-electron chi connectivity index (χ4n) is 1.23.